The van der Waals surface area contributed by atoms with Crippen LogP contribution in [0.4, 0.5) is 5.69 Å². The summed E-state index contributed by atoms with van der Waals surface area (Å²) in [5, 5.41) is 9.40. The number of hydrogen-bond acceptors (Lipinski definition) is 3. The molecule has 0 saturated heterocycles. The van der Waals surface area contributed by atoms with Crippen molar-refractivity contribution in [1.29, 1.82) is 0 Å². The standard InChI is InChI=1S/C11H17NO3S/c1-4-12(16(14,15)5-2)11-8-10(13)7-6-9(11)3/h6-8,13H,4-5H2,1-3H3. The second-order valence-electron chi connectivity index (χ2n) is 3.54. The van der Waals surface area contributed by atoms with Crippen molar-refractivity contribution < 1.29 is 13.5 Å². The number of aryl methyl sites for hydroxylation is 1. The van der Waals surface area contributed by atoms with E-state index in [0.29, 0.717) is 12.2 Å². The Morgan fingerprint density at radius 2 is 1.94 bits per heavy atom. The molecule has 1 rings (SSSR count). The number of aromatic hydroxyl groups is 1. The van der Waals surface area contributed by atoms with Crippen LogP contribution in [-0.2, 0) is 10.0 Å². The first-order valence-corrected chi connectivity index (χ1v) is 6.83. The van der Waals surface area contributed by atoms with Crippen molar-refractivity contribution in [3.05, 3.63) is 23.8 Å². The predicted molar refractivity (Wildman–Crippen MR) is 65.3 cm³/mol. The molecule has 0 amide bonds. The van der Waals surface area contributed by atoms with Crippen molar-refractivity contribution in [3.8, 4) is 5.75 Å². The lowest BCUT2D eigenvalue weighted by molar-refractivity contribution is 0.475. The van der Waals surface area contributed by atoms with Gasteiger partial charge in [-0.15, -0.1) is 0 Å². The molecule has 1 N–H and O–H groups in total. The van der Waals surface area contributed by atoms with E-state index in [4.69, 9.17) is 0 Å². The maximum atomic E-state index is 11.8. The van der Waals surface area contributed by atoms with E-state index in [1.165, 1.54) is 10.4 Å². The fourth-order valence-electron chi connectivity index (χ4n) is 1.54. The Morgan fingerprint density at radius 3 is 2.44 bits per heavy atom. The largest absolute Gasteiger partial charge is 0.508 e. The van der Waals surface area contributed by atoms with Crippen LogP contribution in [-0.4, -0.2) is 25.8 Å². The zero-order chi connectivity index (χ0) is 12.3. The van der Waals surface area contributed by atoms with Crippen molar-refractivity contribution in [2.24, 2.45) is 0 Å². The smallest absolute Gasteiger partial charge is 0.234 e. The minimum Gasteiger partial charge on any atom is -0.508 e. The van der Waals surface area contributed by atoms with Gasteiger partial charge in [-0.1, -0.05) is 6.07 Å². The molecule has 0 fully saturated rings. The monoisotopic (exact) mass is 243 g/mol. The zero-order valence-corrected chi connectivity index (χ0v) is 10.6. The lowest BCUT2D eigenvalue weighted by Gasteiger charge is -2.23. The molecular formula is C11H17NO3S. The highest BCUT2D eigenvalue weighted by molar-refractivity contribution is 7.92. The number of rotatable bonds is 4. The minimum absolute atomic E-state index is 0.0515. The van der Waals surface area contributed by atoms with Crippen molar-refractivity contribution >= 4 is 15.7 Å². The van der Waals surface area contributed by atoms with Crippen LogP contribution < -0.4 is 4.31 Å². The van der Waals surface area contributed by atoms with E-state index in [1.807, 2.05) is 6.92 Å². The highest BCUT2D eigenvalue weighted by atomic mass is 32.2. The first-order valence-electron chi connectivity index (χ1n) is 5.22. The maximum Gasteiger partial charge on any atom is 0.234 e. The molecule has 0 aliphatic carbocycles. The van der Waals surface area contributed by atoms with E-state index in [-0.39, 0.29) is 11.5 Å². The Morgan fingerprint density at radius 1 is 1.31 bits per heavy atom. The molecule has 0 aliphatic rings. The van der Waals surface area contributed by atoms with E-state index in [2.05, 4.69) is 0 Å². The molecule has 0 atom stereocenters. The molecule has 4 nitrogen and oxygen atoms in total. The predicted octanol–water partition coefficient (Wildman–Crippen LogP) is 1.88. The average Bonchev–Trinajstić information content (AvgIpc) is 2.24. The zero-order valence-electron chi connectivity index (χ0n) is 9.77. The first kappa shape index (κ1) is 12.8. The highest BCUT2D eigenvalue weighted by Gasteiger charge is 2.20. The van der Waals surface area contributed by atoms with Crippen LogP contribution in [0.3, 0.4) is 0 Å². The Bertz CT molecular complexity index is 468. The maximum absolute atomic E-state index is 11.8. The van der Waals surface area contributed by atoms with Crippen molar-refractivity contribution in [1.82, 2.24) is 0 Å². The lowest BCUT2D eigenvalue weighted by Crippen LogP contribution is -2.32. The second kappa shape index (κ2) is 4.74. The molecule has 0 heterocycles. The molecule has 0 spiro atoms. The van der Waals surface area contributed by atoms with Crippen molar-refractivity contribution in [3.63, 3.8) is 0 Å². The normalized spacial score (nSPS) is 11.4. The summed E-state index contributed by atoms with van der Waals surface area (Å²) in [5.74, 6) is 0.126. The van der Waals surface area contributed by atoms with Gasteiger partial charge in [-0.25, -0.2) is 8.42 Å². The van der Waals surface area contributed by atoms with Gasteiger partial charge in [0.1, 0.15) is 5.75 Å². The number of anilines is 1. The summed E-state index contributed by atoms with van der Waals surface area (Å²) < 4.78 is 25.0. The van der Waals surface area contributed by atoms with Gasteiger partial charge in [-0.2, -0.15) is 0 Å². The quantitative estimate of drug-likeness (QED) is 0.878. The third-order valence-corrected chi connectivity index (χ3v) is 4.31. The van der Waals surface area contributed by atoms with Crippen LogP contribution in [0.5, 0.6) is 5.75 Å². The molecule has 0 radical (unpaired) electrons. The fourth-order valence-corrected chi connectivity index (χ4v) is 2.74. The van der Waals surface area contributed by atoms with Gasteiger partial charge in [0.05, 0.1) is 11.4 Å². The summed E-state index contributed by atoms with van der Waals surface area (Å²) in [6.07, 6.45) is 0. The van der Waals surface area contributed by atoms with Gasteiger partial charge in [0, 0.05) is 12.6 Å². The molecule has 16 heavy (non-hydrogen) atoms. The van der Waals surface area contributed by atoms with Crippen LogP contribution in [0.15, 0.2) is 18.2 Å². The van der Waals surface area contributed by atoms with E-state index >= 15 is 0 Å². The molecule has 5 heteroatoms. The topological polar surface area (TPSA) is 57.6 Å². The number of sulfonamides is 1. The molecule has 0 aliphatic heterocycles. The third-order valence-electron chi connectivity index (χ3n) is 2.45. The van der Waals surface area contributed by atoms with Gasteiger partial charge in [-0.05, 0) is 32.4 Å². The Labute approximate surface area is 96.6 Å². The highest BCUT2D eigenvalue weighted by Crippen LogP contribution is 2.26. The van der Waals surface area contributed by atoms with Gasteiger partial charge in [0.2, 0.25) is 10.0 Å². The van der Waals surface area contributed by atoms with E-state index in [1.54, 1.807) is 26.0 Å². The summed E-state index contributed by atoms with van der Waals surface area (Å²) >= 11 is 0. The number of hydrogen-bond donors (Lipinski definition) is 1. The van der Waals surface area contributed by atoms with Crippen molar-refractivity contribution in [2.45, 2.75) is 20.8 Å². The van der Waals surface area contributed by atoms with Crippen molar-refractivity contribution in [2.75, 3.05) is 16.6 Å². The molecule has 0 aromatic heterocycles. The summed E-state index contributed by atoms with van der Waals surface area (Å²) in [4.78, 5) is 0. The fraction of sp³-hybridized carbons (Fsp3) is 0.455. The van der Waals surface area contributed by atoms with Crippen LogP contribution in [0.25, 0.3) is 0 Å². The molecule has 0 saturated carbocycles. The molecular weight excluding hydrogens is 226 g/mol. The molecule has 1 aromatic carbocycles. The van der Waals surface area contributed by atoms with E-state index in [9.17, 15) is 13.5 Å². The van der Waals surface area contributed by atoms with Gasteiger partial charge in [-0.3, -0.25) is 4.31 Å². The Kier molecular flexibility index (Phi) is 3.80. The van der Waals surface area contributed by atoms with E-state index < -0.39 is 10.0 Å². The molecule has 0 bridgehead atoms. The molecule has 0 unspecified atom stereocenters. The number of benzene rings is 1. The number of nitrogens with zero attached hydrogens (tertiary/aromatic N) is 1. The van der Waals surface area contributed by atoms with Gasteiger partial charge in [0.15, 0.2) is 0 Å². The summed E-state index contributed by atoms with van der Waals surface area (Å²) in [7, 11) is -3.28. The summed E-state index contributed by atoms with van der Waals surface area (Å²) in [6.45, 7) is 5.57. The lowest BCUT2D eigenvalue weighted by atomic mass is 10.2. The summed E-state index contributed by atoms with van der Waals surface area (Å²) in [6, 6.07) is 4.73. The first-order chi connectivity index (χ1) is 7.42. The van der Waals surface area contributed by atoms with Crippen LogP contribution in [0.1, 0.15) is 19.4 Å². The SMILES string of the molecule is CCN(c1cc(O)ccc1C)S(=O)(=O)CC. The van der Waals surface area contributed by atoms with Gasteiger partial charge >= 0.3 is 0 Å². The van der Waals surface area contributed by atoms with Gasteiger partial charge < -0.3 is 5.11 Å². The van der Waals surface area contributed by atoms with Crippen LogP contribution >= 0.6 is 0 Å². The Balaban J connectivity index is 3.29. The molecule has 1 aromatic rings. The van der Waals surface area contributed by atoms with Crippen LogP contribution in [0.2, 0.25) is 0 Å². The summed E-state index contributed by atoms with van der Waals surface area (Å²) in [5.41, 5.74) is 1.38. The van der Waals surface area contributed by atoms with Gasteiger partial charge in [0.25, 0.3) is 0 Å². The number of phenolic OH excluding ortho intramolecular Hbond substituents is 1. The third kappa shape index (κ3) is 2.47. The number of phenols is 1. The minimum atomic E-state index is -3.28. The molecule has 90 valence electrons. The van der Waals surface area contributed by atoms with E-state index in [0.717, 1.165) is 5.56 Å². The van der Waals surface area contributed by atoms with Crippen LogP contribution in [0, 0.1) is 6.92 Å². The second-order valence-corrected chi connectivity index (χ2v) is 5.72. The average molecular weight is 243 g/mol. The Hall–Kier alpha value is -1.23.